The lowest BCUT2D eigenvalue weighted by Crippen LogP contribution is -2.06. The van der Waals surface area contributed by atoms with E-state index in [9.17, 15) is 23.3 Å². The fourth-order valence-corrected chi connectivity index (χ4v) is 2.04. The summed E-state index contributed by atoms with van der Waals surface area (Å²) >= 11 is 0. The number of aromatic nitrogens is 2. The number of halogens is 3. The molecule has 0 atom stereocenters. The Labute approximate surface area is 137 Å². The largest absolute Gasteiger partial charge is 0.450 e. The first kappa shape index (κ1) is 16.4. The lowest BCUT2D eigenvalue weighted by molar-refractivity contribution is -0.385. The highest BCUT2D eigenvalue weighted by Crippen LogP contribution is 2.38. The number of hydrogen-bond acceptors (Lipinski definition) is 6. The minimum atomic E-state index is -4.69. The molecule has 0 aliphatic rings. The average molecular weight is 351 g/mol. The third kappa shape index (κ3) is 3.57. The fraction of sp³-hybridized carbons (Fsp3) is 0.0667. The van der Waals surface area contributed by atoms with Gasteiger partial charge in [0, 0.05) is 11.6 Å². The quantitative estimate of drug-likeness (QED) is 0.509. The Morgan fingerprint density at radius 3 is 2.60 bits per heavy atom. The van der Waals surface area contributed by atoms with Crippen molar-refractivity contribution in [1.29, 1.82) is 0 Å². The Hall–Kier alpha value is -3.43. The Balaban J connectivity index is 1.95. The summed E-state index contributed by atoms with van der Waals surface area (Å²) in [6.07, 6.45) is -3.56. The van der Waals surface area contributed by atoms with Gasteiger partial charge in [0.05, 0.1) is 10.5 Å². The number of hydrogen-bond donors (Lipinski definition) is 0. The Kier molecular flexibility index (Phi) is 4.09. The van der Waals surface area contributed by atoms with Gasteiger partial charge in [-0.3, -0.25) is 10.1 Å². The predicted octanol–water partition coefficient (Wildman–Crippen LogP) is 4.46. The van der Waals surface area contributed by atoms with Gasteiger partial charge in [0.25, 0.3) is 0 Å². The first-order valence-corrected chi connectivity index (χ1v) is 6.74. The predicted molar refractivity (Wildman–Crippen MR) is 77.9 cm³/mol. The average Bonchev–Trinajstić information content (AvgIpc) is 3.09. The van der Waals surface area contributed by atoms with Crippen molar-refractivity contribution >= 4 is 5.69 Å². The summed E-state index contributed by atoms with van der Waals surface area (Å²) < 4.78 is 48.5. The second-order valence-electron chi connectivity index (χ2n) is 4.81. The van der Waals surface area contributed by atoms with E-state index in [-0.39, 0.29) is 17.4 Å². The fourth-order valence-electron chi connectivity index (χ4n) is 2.04. The van der Waals surface area contributed by atoms with Crippen LogP contribution >= 0.6 is 0 Å². The van der Waals surface area contributed by atoms with E-state index in [1.807, 2.05) is 0 Å². The molecule has 1 heterocycles. The van der Waals surface area contributed by atoms with Crippen LogP contribution in [0.15, 0.2) is 53.3 Å². The molecule has 0 spiro atoms. The van der Waals surface area contributed by atoms with E-state index in [4.69, 9.17) is 9.15 Å². The maximum atomic E-state index is 12.7. The summed E-state index contributed by atoms with van der Waals surface area (Å²) in [5, 5.41) is 18.3. The van der Waals surface area contributed by atoms with E-state index >= 15 is 0 Å². The molecule has 0 radical (unpaired) electrons. The Morgan fingerprint density at radius 1 is 1.16 bits per heavy atom. The molecule has 10 heteroatoms. The second kappa shape index (κ2) is 6.23. The lowest BCUT2D eigenvalue weighted by atomic mass is 10.1. The van der Waals surface area contributed by atoms with E-state index in [1.165, 1.54) is 12.1 Å². The van der Waals surface area contributed by atoms with Crippen molar-refractivity contribution in [3.63, 3.8) is 0 Å². The van der Waals surface area contributed by atoms with Crippen LogP contribution in [0.3, 0.4) is 0 Å². The van der Waals surface area contributed by atoms with Gasteiger partial charge in [-0.25, -0.2) is 0 Å². The minimum Gasteiger partial charge on any atom is -0.450 e. The van der Waals surface area contributed by atoms with Crippen LogP contribution in [0.1, 0.15) is 5.56 Å². The number of benzene rings is 2. The SMILES string of the molecule is O=[N+]([O-])c1cc(C(F)(F)F)ccc1Oc1cccc(-c2nnco2)c1. The van der Waals surface area contributed by atoms with Crippen molar-refractivity contribution in [3.05, 3.63) is 64.5 Å². The summed E-state index contributed by atoms with van der Waals surface area (Å²) in [6, 6.07) is 8.21. The van der Waals surface area contributed by atoms with E-state index in [1.54, 1.807) is 12.1 Å². The zero-order valence-corrected chi connectivity index (χ0v) is 12.2. The van der Waals surface area contributed by atoms with Gasteiger partial charge in [0.1, 0.15) is 5.75 Å². The van der Waals surface area contributed by atoms with E-state index in [0.717, 1.165) is 12.5 Å². The van der Waals surface area contributed by atoms with Gasteiger partial charge in [-0.05, 0) is 30.3 Å². The second-order valence-corrected chi connectivity index (χ2v) is 4.81. The molecule has 25 heavy (non-hydrogen) atoms. The highest BCUT2D eigenvalue weighted by atomic mass is 19.4. The van der Waals surface area contributed by atoms with Crippen LogP contribution in [-0.4, -0.2) is 15.1 Å². The summed E-state index contributed by atoms with van der Waals surface area (Å²) in [5.74, 6) is 0.0478. The van der Waals surface area contributed by atoms with Crippen molar-refractivity contribution in [3.8, 4) is 23.0 Å². The Morgan fingerprint density at radius 2 is 1.96 bits per heavy atom. The van der Waals surface area contributed by atoms with Gasteiger partial charge in [-0.1, -0.05) is 6.07 Å². The van der Waals surface area contributed by atoms with Gasteiger partial charge in [-0.2, -0.15) is 13.2 Å². The number of nitro benzene ring substituents is 1. The molecule has 0 aliphatic heterocycles. The highest BCUT2D eigenvalue weighted by molar-refractivity contribution is 5.57. The van der Waals surface area contributed by atoms with Crippen molar-refractivity contribution in [2.24, 2.45) is 0 Å². The topological polar surface area (TPSA) is 91.3 Å². The molecular weight excluding hydrogens is 343 g/mol. The van der Waals surface area contributed by atoms with Crippen molar-refractivity contribution in [2.75, 3.05) is 0 Å². The minimum absolute atomic E-state index is 0.165. The first-order valence-electron chi connectivity index (χ1n) is 6.74. The van der Waals surface area contributed by atoms with Crippen LogP contribution in [0.2, 0.25) is 0 Å². The first-order chi connectivity index (χ1) is 11.8. The molecule has 0 amide bonds. The molecule has 7 nitrogen and oxygen atoms in total. The molecular formula is C15H8F3N3O4. The zero-order valence-electron chi connectivity index (χ0n) is 12.2. The number of nitro groups is 1. The van der Waals surface area contributed by atoms with Crippen LogP contribution < -0.4 is 4.74 Å². The molecule has 3 aromatic rings. The standard InChI is InChI=1S/C15H8F3N3O4/c16-15(17,18)10-4-5-13(12(7-10)21(22)23)25-11-3-1-2-9(6-11)14-20-19-8-24-14/h1-8H. The normalized spacial score (nSPS) is 11.3. The van der Waals surface area contributed by atoms with E-state index in [2.05, 4.69) is 10.2 Å². The van der Waals surface area contributed by atoms with Crippen molar-refractivity contribution in [1.82, 2.24) is 10.2 Å². The van der Waals surface area contributed by atoms with Crippen LogP contribution in [0.4, 0.5) is 18.9 Å². The molecule has 0 saturated heterocycles. The van der Waals surface area contributed by atoms with Gasteiger partial charge in [-0.15, -0.1) is 10.2 Å². The molecule has 3 rings (SSSR count). The van der Waals surface area contributed by atoms with E-state index in [0.29, 0.717) is 17.7 Å². The summed E-state index contributed by atoms with van der Waals surface area (Å²) in [5.41, 5.74) is -1.44. The van der Waals surface area contributed by atoms with Crippen LogP contribution in [0.5, 0.6) is 11.5 Å². The number of ether oxygens (including phenoxy) is 1. The molecule has 0 unspecified atom stereocenters. The number of nitrogens with zero attached hydrogens (tertiary/aromatic N) is 3. The molecule has 0 N–H and O–H groups in total. The van der Waals surface area contributed by atoms with Crippen molar-refractivity contribution < 1.29 is 27.2 Å². The maximum Gasteiger partial charge on any atom is 0.416 e. The summed E-state index contributed by atoms with van der Waals surface area (Å²) in [4.78, 5) is 10.1. The molecule has 0 saturated carbocycles. The number of alkyl halides is 3. The third-order valence-electron chi connectivity index (χ3n) is 3.15. The van der Waals surface area contributed by atoms with Crippen molar-refractivity contribution in [2.45, 2.75) is 6.18 Å². The van der Waals surface area contributed by atoms with Crippen LogP contribution in [0, 0.1) is 10.1 Å². The van der Waals surface area contributed by atoms with Gasteiger partial charge >= 0.3 is 11.9 Å². The lowest BCUT2D eigenvalue weighted by Gasteiger charge is -2.10. The Bertz CT molecular complexity index is 911. The molecule has 128 valence electrons. The summed E-state index contributed by atoms with van der Waals surface area (Å²) in [6.45, 7) is 0. The molecule has 0 aliphatic carbocycles. The number of rotatable bonds is 4. The van der Waals surface area contributed by atoms with Gasteiger partial charge in [0.2, 0.25) is 18.0 Å². The molecule has 1 aromatic heterocycles. The monoisotopic (exact) mass is 351 g/mol. The summed E-state index contributed by atoms with van der Waals surface area (Å²) in [7, 11) is 0. The van der Waals surface area contributed by atoms with E-state index < -0.39 is 22.4 Å². The maximum absolute atomic E-state index is 12.7. The smallest absolute Gasteiger partial charge is 0.416 e. The molecule has 0 bridgehead atoms. The molecule has 0 fully saturated rings. The van der Waals surface area contributed by atoms with Crippen LogP contribution in [-0.2, 0) is 6.18 Å². The van der Waals surface area contributed by atoms with Gasteiger partial charge in [0.15, 0.2) is 0 Å². The van der Waals surface area contributed by atoms with Gasteiger partial charge < -0.3 is 9.15 Å². The highest BCUT2D eigenvalue weighted by Gasteiger charge is 2.33. The third-order valence-corrected chi connectivity index (χ3v) is 3.15. The van der Waals surface area contributed by atoms with Crippen LogP contribution in [0.25, 0.3) is 11.5 Å². The molecule has 2 aromatic carbocycles. The zero-order chi connectivity index (χ0) is 18.0.